The highest BCUT2D eigenvalue weighted by atomic mass is 16.5. The number of rotatable bonds is 4. The smallest absolute Gasteiger partial charge is 0.339 e. The number of ether oxygens (including phenoxy) is 1. The molecule has 0 saturated carbocycles. The van der Waals surface area contributed by atoms with Crippen molar-refractivity contribution in [3.8, 4) is 5.75 Å². The largest absolute Gasteiger partial charge is 0.496 e. The number of carbonyl (C=O) groups excluding carboxylic acids is 1. The third-order valence-corrected chi connectivity index (χ3v) is 2.11. The zero-order valence-corrected chi connectivity index (χ0v) is 10.0. The molecule has 0 spiro atoms. The van der Waals surface area contributed by atoms with Gasteiger partial charge in [-0.15, -0.1) is 0 Å². The van der Waals surface area contributed by atoms with Crippen LogP contribution in [0.3, 0.4) is 0 Å². The van der Waals surface area contributed by atoms with Gasteiger partial charge in [0.15, 0.2) is 5.78 Å². The number of methoxy groups -OCH3 is 1. The zero-order valence-electron chi connectivity index (χ0n) is 10.0. The Labute approximate surface area is 99.2 Å². The molecule has 0 aliphatic rings. The third kappa shape index (κ3) is 3.75. The summed E-state index contributed by atoms with van der Waals surface area (Å²) in [5, 5.41) is 0. The lowest BCUT2D eigenvalue weighted by Crippen LogP contribution is -2.02. The first-order valence-electron chi connectivity index (χ1n) is 5.08. The van der Waals surface area contributed by atoms with Gasteiger partial charge < -0.3 is 9.15 Å². The highest BCUT2D eigenvalue weighted by Crippen LogP contribution is 2.19. The van der Waals surface area contributed by atoms with Crippen LogP contribution < -0.4 is 10.4 Å². The van der Waals surface area contributed by atoms with E-state index in [0.717, 1.165) is 5.56 Å². The summed E-state index contributed by atoms with van der Waals surface area (Å²) < 4.78 is 10.1. The van der Waals surface area contributed by atoms with Crippen molar-refractivity contribution in [2.24, 2.45) is 0 Å². The van der Waals surface area contributed by atoms with Crippen LogP contribution in [0.1, 0.15) is 18.2 Å². The highest BCUT2D eigenvalue weighted by molar-refractivity contribution is 5.87. The quantitative estimate of drug-likeness (QED) is 0.591. The lowest BCUT2D eigenvalue weighted by Gasteiger charge is -2.04. The van der Waals surface area contributed by atoms with E-state index in [9.17, 15) is 9.59 Å². The van der Waals surface area contributed by atoms with Gasteiger partial charge in [0.1, 0.15) is 11.5 Å². The highest BCUT2D eigenvalue weighted by Gasteiger charge is 2.06. The average Bonchev–Trinajstić information content (AvgIpc) is 2.28. The van der Waals surface area contributed by atoms with E-state index in [1.54, 1.807) is 25.2 Å². The molecule has 1 rings (SSSR count). The minimum absolute atomic E-state index is 0.0431. The van der Waals surface area contributed by atoms with Crippen molar-refractivity contribution in [2.45, 2.75) is 13.8 Å². The lowest BCUT2D eigenvalue weighted by molar-refractivity contribution is -0.112. The first-order chi connectivity index (χ1) is 8.04. The Morgan fingerprint density at radius 3 is 2.71 bits per heavy atom. The summed E-state index contributed by atoms with van der Waals surface area (Å²) in [4.78, 5) is 21.9. The third-order valence-electron chi connectivity index (χ3n) is 2.11. The molecule has 0 bridgehead atoms. The Bertz CT molecular complexity index is 521. The summed E-state index contributed by atoms with van der Waals surface area (Å²) in [7, 11) is 1.49. The summed E-state index contributed by atoms with van der Waals surface area (Å²) in [5.41, 5.74) is 0.266. The fraction of sp³-hybridized carbons (Fsp3) is 0.231. The molecule has 4 nitrogen and oxygen atoms in total. The second kappa shape index (κ2) is 5.84. The maximum Gasteiger partial charge on any atom is 0.339 e. The number of hydrogen-bond acceptors (Lipinski definition) is 4. The molecular weight excluding hydrogens is 220 g/mol. The Morgan fingerprint density at radius 2 is 2.12 bits per heavy atom. The van der Waals surface area contributed by atoms with Crippen molar-refractivity contribution >= 4 is 11.9 Å². The summed E-state index contributed by atoms with van der Waals surface area (Å²) in [5.74, 6) is 0.859. The van der Waals surface area contributed by atoms with E-state index in [4.69, 9.17) is 9.15 Å². The molecule has 0 aliphatic carbocycles. The van der Waals surface area contributed by atoms with Crippen molar-refractivity contribution in [2.75, 3.05) is 7.11 Å². The topological polar surface area (TPSA) is 56.5 Å². The van der Waals surface area contributed by atoms with Crippen LogP contribution in [-0.4, -0.2) is 12.9 Å². The van der Waals surface area contributed by atoms with Gasteiger partial charge in [0.2, 0.25) is 0 Å². The van der Waals surface area contributed by atoms with Gasteiger partial charge in [0, 0.05) is 5.56 Å². The van der Waals surface area contributed by atoms with E-state index in [0.29, 0.717) is 11.5 Å². The molecule has 0 saturated heterocycles. The molecule has 0 N–H and O–H groups in total. The molecule has 0 aliphatic heterocycles. The Balaban J connectivity index is 3.02. The van der Waals surface area contributed by atoms with Gasteiger partial charge in [-0.2, -0.15) is 0 Å². The van der Waals surface area contributed by atoms with Crippen LogP contribution in [0.15, 0.2) is 33.5 Å². The predicted octanol–water partition coefficient (Wildman–Crippen LogP) is 2.12. The van der Waals surface area contributed by atoms with Crippen molar-refractivity contribution in [1.82, 2.24) is 0 Å². The standard InChI is InChI=1S/C13H14O4/c1-9(14)6-4-5-7-11-10(2)12(16-3)8-13(15)17-11/h4-8H,1-3H3/b6-4+,7-5+. The maximum absolute atomic E-state index is 11.2. The van der Waals surface area contributed by atoms with Gasteiger partial charge in [-0.05, 0) is 26.0 Å². The summed E-state index contributed by atoms with van der Waals surface area (Å²) in [6.45, 7) is 3.25. The minimum atomic E-state index is -0.470. The number of ketones is 1. The normalized spacial score (nSPS) is 11.2. The summed E-state index contributed by atoms with van der Waals surface area (Å²) >= 11 is 0. The van der Waals surface area contributed by atoms with Crippen LogP contribution in [-0.2, 0) is 4.79 Å². The Kier molecular flexibility index (Phi) is 4.46. The van der Waals surface area contributed by atoms with Crippen LogP contribution in [0, 0.1) is 6.92 Å². The summed E-state index contributed by atoms with van der Waals surface area (Å²) in [6.07, 6.45) is 6.25. The molecule has 90 valence electrons. The molecule has 17 heavy (non-hydrogen) atoms. The molecule has 4 heteroatoms. The van der Waals surface area contributed by atoms with Crippen LogP contribution >= 0.6 is 0 Å². The fourth-order valence-electron chi connectivity index (χ4n) is 1.26. The molecular formula is C13H14O4. The number of carbonyl (C=O) groups is 1. The minimum Gasteiger partial charge on any atom is -0.496 e. The van der Waals surface area contributed by atoms with E-state index in [-0.39, 0.29) is 5.78 Å². The Morgan fingerprint density at radius 1 is 1.41 bits per heavy atom. The molecule has 1 heterocycles. The molecule has 0 fully saturated rings. The van der Waals surface area contributed by atoms with Crippen LogP contribution in [0.4, 0.5) is 0 Å². The predicted molar refractivity (Wildman–Crippen MR) is 65.1 cm³/mol. The number of allylic oxidation sites excluding steroid dienone is 3. The molecule has 0 atom stereocenters. The first-order valence-corrected chi connectivity index (χ1v) is 5.08. The van der Waals surface area contributed by atoms with Crippen molar-refractivity contribution in [1.29, 1.82) is 0 Å². The maximum atomic E-state index is 11.2. The van der Waals surface area contributed by atoms with E-state index in [1.165, 1.54) is 26.2 Å². The fourth-order valence-corrected chi connectivity index (χ4v) is 1.26. The van der Waals surface area contributed by atoms with Gasteiger partial charge in [-0.1, -0.05) is 12.2 Å². The van der Waals surface area contributed by atoms with E-state index in [2.05, 4.69) is 0 Å². The number of hydrogen-bond donors (Lipinski definition) is 0. The van der Waals surface area contributed by atoms with Crippen LogP contribution in [0.5, 0.6) is 5.75 Å². The van der Waals surface area contributed by atoms with Gasteiger partial charge in [-0.3, -0.25) is 4.79 Å². The van der Waals surface area contributed by atoms with Gasteiger partial charge >= 0.3 is 5.63 Å². The lowest BCUT2D eigenvalue weighted by atomic mass is 10.2. The van der Waals surface area contributed by atoms with Gasteiger partial charge in [0.05, 0.1) is 13.2 Å². The van der Waals surface area contributed by atoms with Crippen molar-refractivity contribution in [3.05, 3.63) is 46.0 Å². The van der Waals surface area contributed by atoms with E-state index in [1.807, 2.05) is 0 Å². The van der Waals surface area contributed by atoms with Gasteiger partial charge in [0.25, 0.3) is 0 Å². The molecule has 0 unspecified atom stereocenters. The second-order valence-corrected chi connectivity index (χ2v) is 3.45. The molecule has 1 aromatic heterocycles. The zero-order chi connectivity index (χ0) is 12.8. The summed E-state index contributed by atoms with van der Waals surface area (Å²) in [6, 6.07) is 1.29. The van der Waals surface area contributed by atoms with Crippen molar-refractivity contribution in [3.63, 3.8) is 0 Å². The molecule has 0 aromatic carbocycles. The monoisotopic (exact) mass is 234 g/mol. The van der Waals surface area contributed by atoms with Gasteiger partial charge in [-0.25, -0.2) is 4.79 Å². The SMILES string of the molecule is COc1cc(=O)oc(/C=C/C=C/C(C)=O)c1C. The molecule has 0 amide bonds. The van der Waals surface area contributed by atoms with E-state index < -0.39 is 5.63 Å². The first kappa shape index (κ1) is 13.0. The van der Waals surface area contributed by atoms with E-state index >= 15 is 0 Å². The van der Waals surface area contributed by atoms with Crippen LogP contribution in [0.25, 0.3) is 6.08 Å². The average molecular weight is 234 g/mol. The van der Waals surface area contributed by atoms with Crippen molar-refractivity contribution < 1.29 is 13.9 Å². The molecule has 0 radical (unpaired) electrons. The van der Waals surface area contributed by atoms with Crippen LogP contribution in [0.2, 0.25) is 0 Å². The second-order valence-electron chi connectivity index (χ2n) is 3.45. The Hall–Kier alpha value is -2.10. The molecule has 1 aromatic rings.